The molecule has 1 aromatic heterocycles. The molecule has 0 bridgehead atoms. The molecule has 0 N–H and O–H groups in total. The Bertz CT molecular complexity index is 1090. The highest BCUT2D eigenvalue weighted by Crippen LogP contribution is 2.31. The number of hydrogen-bond donors (Lipinski definition) is 0. The average Bonchev–Trinajstić information content (AvgIpc) is 3.32. The van der Waals surface area contributed by atoms with Crippen LogP contribution in [0.25, 0.3) is 11.5 Å². The van der Waals surface area contributed by atoms with Gasteiger partial charge in [-0.05, 0) is 44.0 Å². The lowest BCUT2D eigenvalue weighted by Crippen LogP contribution is -2.31. The summed E-state index contributed by atoms with van der Waals surface area (Å²) in [6, 6.07) is 14.4. The number of aromatic nitrogens is 2. The molecule has 1 aliphatic rings. The normalized spacial score (nSPS) is 17.7. The Labute approximate surface area is 164 Å². The Morgan fingerprint density at radius 3 is 2.61 bits per heavy atom. The van der Waals surface area contributed by atoms with Crippen LogP contribution in [0.5, 0.6) is 5.75 Å². The predicted octanol–water partition coefficient (Wildman–Crippen LogP) is 3.20. The number of aryl methyl sites for hydroxylation is 2. The monoisotopic (exact) mass is 399 g/mol. The molecule has 2 aromatic carbocycles. The van der Waals surface area contributed by atoms with Crippen LogP contribution in [-0.2, 0) is 10.0 Å². The summed E-state index contributed by atoms with van der Waals surface area (Å²) in [7, 11) is -3.54. The van der Waals surface area contributed by atoms with Crippen LogP contribution < -0.4 is 4.74 Å². The molecule has 3 aromatic rings. The molecule has 1 fully saturated rings. The molecule has 1 atom stereocenters. The Morgan fingerprint density at radius 2 is 1.86 bits per heavy atom. The number of rotatable bonds is 5. The number of nitrogens with zero attached hydrogens (tertiary/aromatic N) is 3. The van der Waals surface area contributed by atoms with Crippen molar-refractivity contribution >= 4 is 10.0 Å². The van der Waals surface area contributed by atoms with Gasteiger partial charge in [0.2, 0.25) is 10.0 Å². The second kappa shape index (κ2) is 7.37. The topological polar surface area (TPSA) is 85.5 Å². The Hall–Kier alpha value is -2.71. The zero-order valence-corrected chi connectivity index (χ0v) is 16.5. The van der Waals surface area contributed by atoms with Crippen LogP contribution in [0.1, 0.15) is 17.8 Å². The van der Waals surface area contributed by atoms with Gasteiger partial charge in [-0.2, -0.15) is 9.29 Å². The maximum atomic E-state index is 13.0. The van der Waals surface area contributed by atoms with Crippen molar-refractivity contribution in [1.82, 2.24) is 14.4 Å². The van der Waals surface area contributed by atoms with Crippen molar-refractivity contribution in [3.63, 3.8) is 0 Å². The van der Waals surface area contributed by atoms with Gasteiger partial charge in [0.15, 0.2) is 5.82 Å². The van der Waals surface area contributed by atoms with Gasteiger partial charge in [0, 0.05) is 6.54 Å². The molecule has 7 nitrogen and oxygen atoms in total. The van der Waals surface area contributed by atoms with Crippen molar-refractivity contribution < 1.29 is 17.7 Å². The molecule has 0 spiro atoms. The molecular formula is C20H21N3O4S. The van der Waals surface area contributed by atoms with Crippen molar-refractivity contribution in [3.8, 4) is 17.2 Å². The zero-order chi connectivity index (χ0) is 19.7. The molecule has 1 unspecified atom stereocenters. The van der Waals surface area contributed by atoms with E-state index >= 15 is 0 Å². The third-order valence-corrected chi connectivity index (χ3v) is 6.78. The van der Waals surface area contributed by atoms with Gasteiger partial charge < -0.3 is 9.26 Å². The number of para-hydroxylation sites is 1. The fourth-order valence-corrected chi connectivity index (χ4v) is 5.04. The van der Waals surface area contributed by atoms with Gasteiger partial charge in [-0.15, -0.1) is 0 Å². The second-order valence-electron chi connectivity index (χ2n) is 6.80. The first-order chi connectivity index (χ1) is 13.4. The minimum atomic E-state index is -3.54. The SMILES string of the molecule is Cc1noc(-c2ccccc2OC2CCN(S(=O)(=O)c3ccccc3C)C2)n1. The lowest BCUT2D eigenvalue weighted by Gasteiger charge is -2.19. The van der Waals surface area contributed by atoms with E-state index in [0.29, 0.717) is 47.4 Å². The lowest BCUT2D eigenvalue weighted by atomic mass is 10.2. The van der Waals surface area contributed by atoms with Crippen LogP contribution in [0.3, 0.4) is 0 Å². The van der Waals surface area contributed by atoms with Crippen molar-refractivity contribution in [2.75, 3.05) is 13.1 Å². The smallest absolute Gasteiger partial charge is 0.261 e. The third kappa shape index (κ3) is 3.53. The second-order valence-corrected chi connectivity index (χ2v) is 8.71. The van der Waals surface area contributed by atoms with Gasteiger partial charge in [-0.25, -0.2) is 8.42 Å². The van der Waals surface area contributed by atoms with Gasteiger partial charge >= 0.3 is 0 Å². The molecule has 2 heterocycles. The quantitative estimate of drug-likeness (QED) is 0.655. The largest absolute Gasteiger partial charge is 0.488 e. The van der Waals surface area contributed by atoms with Crippen LogP contribution in [-0.4, -0.2) is 42.1 Å². The summed E-state index contributed by atoms with van der Waals surface area (Å²) in [5.41, 5.74) is 1.44. The Kier molecular flexibility index (Phi) is 4.91. The summed E-state index contributed by atoms with van der Waals surface area (Å²) in [6.45, 7) is 4.28. The molecule has 28 heavy (non-hydrogen) atoms. The van der Waals surface area contributed by atoms with Crippen molar-refractivity contribution in [3.05, 3.63) is 59.9 Å². The number of sulfonamides is 1. The summed E-state index contributed by atoms with van der Waals surface area (Å²) in [5, 5.41) is 3.82. The number of benzene rings is 2. The average molecular weight is 399 g/mol. The first-order valence-electron chi connectivity index (χ1n) is 9.07. The summed E-state index contributed by atoms with van der Waals surface area (Å²) in [6.07, 6.45) is 0.367. The zero-order valence-electron chi connectivity index (χ0n) is 15.7. The standard InChI is InChI=1S/C20H21N3O4S/c1-14-7-3-6-10-19(14)28(24,25)23-12-11-16(13-23)26-18-9-5-4-8-17(18)20-21-15(2)22-27-20/h3-10,16H,11-13H2,1-2H3. The van der Waals surface area contributed by atoms with E-state index in [4.69, 9.17) is 9.26 Å². The Morgan fingerprint density at radius 1 is 1.11 bits per heavy atom. The highest BCUT2D eigenvalue weighted by Gasteiger charge is 2.34. The summed E-state index contributed by atoms with van der Waals surface area (Å²) >= 11 is 0. The van der Waals surface area contributed by atoms with Gasteiger partial charge in [0.25, 0.3) is 5.89 Å². The lowest BCUT2D eigenvalue weighted by molar-refractivity contribution is 0.216. The van der Waals surface area contributed by atoms with E-state index in [0.717, 1.165) is 5.56 Å². The van der Waals surface area contributed by atoms with E-state index in [1.165, 1.54) is 4.31 Å². The highest BCUT2D eigenvalue weighted by molar-refractivity contribution is 7.89. The van der Waals surface area contributed by atoms with E-state index in [9.17, 15) is 8.42 Å². The van der Waals surface area contributed by atoms with Crippen LogP contribution in [0.4, 0.5) is 0 Å². The van der Waals surface area contributed by atoms with Gasteiger partial charge in [-0.3, -0.25) is 0 Å². The van der Waals surface area contributed by atoms with Crippen molar-refractivity contribution in [2.24, 2.45) is 0 Å². The molecule has 1 saturated heterocycles. The molecule has 0 amide bonds. The summed E-state index contributed by atoms with van der Waals surface area (Å²) < 4.78 is 38.8. The molecule has 146 valence electrons. The van der Waals surface area contributed by atoms with Crippen LogP contribution in [0.15, 0.2) is 57.9 Å². The van der Waals surface area contributed by atoms with E-state index in [2.05, 4.69) is 10.1 Å². The minimum absolute atomic E-state index is 0.246. The van der Waals surface area contributed by atoms with Crippen LogP contribution in [0, 0.1) is 13.8 Å². The number of ether oxygens (including phenoxy) is 1. The van der Waals surface area contributed by atoms with Crippen LogP contribution >= 0.6 is 0 Å². The molecule has 1 aliphatic heterocycles. The molecule has 0 aliphatic carbocycles. The molecule has 0 radical (unpaired) electrons. The van der Waals surface area contributed by atoms with E-state index in [-0.39, 0.29) is 6.10 Å². The minimum Gasteiger partial charge on any atom is -0.488 e. The van der Waals surface area contributed by atoms with E-state index < -0.39 is 10.0 Å². The first kappa shape index (κ1) is 18.6. The van der Waals surface area contributed by atoms with Crippen molar-refractivity contribution in [2.45, 2.75) is 31.3 Å². The maximum absolute atomic E-state index is 13.0. The highest BCUT2D eigenvalue weighted by atomic mass is 32.2. The van der Waals surface area contributed by atoms with E-state index in [1.54, 1.807) is 32.0 Å². The summed E-state index contributed by atoms with van der Waals surface area (Å²) in [5.74, 6) is 1.53. The van der Waals surface area contributed by atoms with E-state index in [1.807, 2.05) is 30.3 Å². The van der Waals surface area contributed by atoms with Gasteiger partial charge in [0.1, 0.15) is 11.9 Å². The fraction of sp³-hybridized carbons (Fsp3) is 0.300. The molecule has 4 rings (SSSR count). The molecule has 8 heteroatoms. The molecular weight excluding hydrogens is 378 g/mol. The molecule has 0 saturated carbocycles. The van der Waals surface area contributed by atoms with Crippen LogP contribution in [0.2, 0.25) is 0 Å². The van der Waals surface area contributed by atoms with Gasteiger partial charge in [0.05, 0.1) is 17.0 Å². The number of hydrogen-bond acceptors (Lipinski definition) is 6. The maximum Gasteiger partial charge on any atom is 0.261 e. The third-order valence-electron chi connectivity index (χ3n) is 4.76. The summed E-state index contributed by atoms with van der Waals surface area (Å²) in [4.78, 5) is 4.60. The predicted molar refractivity (Wildman–Crippen MR) is 103 cm³/mol. The Balaban J connectivity index is 1.53. The van der Waals surface area contributed by atoms with Crippen molar-refractivity contribution in [1.29, 1.82) is 0 Å². The first-order valence-corrected chi connectivity index (χ1v) is 10.5. The van der Waals surface area contributed by atoms with Gasteiger partial charge in [-0.1, -0.05) is 35.5 Å². The fourth-order valence-electron chi connectivity index (χ4n) is 3.33.